The molecule has 523 valence electrons. The maximum Gasteiger partial charge on any atom is 0.318 e. The van der Waals surface area contributed by atoms with Crippen molar-refractivity contribution in [3.8, 4) is 11.5 Å². The number of aliphatic hydroxyl groups is 1. The van der Waals surface area contributed by atoms with E-state index in [1.54, 1.807) is 26.3 Å². The molecule has 6 aromatic carbocycles. The van der Waals surface area contributed by atoms with Gasteiger partial charge in [0.2, 0.25) is 0 Å². The fourth-order valence-electron chi connectivity index (χ4n) is 12.5. The van der Waals surface area contributed by atoms with Crippen LogP contribution in [0.5, 0.6) is 11.5 Å². The number of halogens is 2. The summed E-state index contributed by atoms with van der Waals surface area (Å²) in [6, 6.07) is 44.9. The van der Waals surface area contributed by atoms with Crippen molar-refractivity contribution in [2.24, 2.45) is 9.98 Å². The fourth-order valence-corrected chi connectivity index (χ4v) is 13.1. The Kier molecular flexibility index (Phi) is 26.8. The van der Waals surface area contributed by atoms with Crippen molar-refractivity contribution in [1.29, 1.82) is 0 Å². The molecule has 1 radical (unpaired) electrons. The number of phenolic OH excluding ortho intramolecular Hbond substituents is 2. The standard InChI is InChI=1S/C36H56N2O2.C23H29BrN2O2.C23H27BrN2O.Co/c1-31(2,3)25-17-23(29(39)27(19-25)33(7,8)9)21-37-35(13,14)36(15,16)38-22-24-18-26(32(4,5)6)20-28(30(24)40)34(10,11)12;1-17(18-10-12-20(24)13-11-18)26-15-7-14-23(25-21(26)27,16-22(2,3)28)19-8-5-4-6-9-19;1-17(2)16-23(20-8-5-4-6-9-20)14-7-15-26(22(27)25-23)18(3)19-10-12-21(24)13-11-19;/h17-22,39-40H,1-16H3;4-6,8-13,17,28H,7,14-16H2,1-3H3,(H,25,27);4-6,8-13,18H,1,7,14-16H2,2-3H3,(H,25,27);/t;17-,23-;18-,23-;/m.00./s1. The first-order valence-electron chi connectivity index (χ1n) is 33.8. The van der Waals surface area contributed by atoms with E-state index in [0.717, 1.165) is 109 Å². The van der Waals surface area contributed by atoms with Crippen LogP contribution < -0.4 is 10.6 Å². The van der Waals surface area contributed by atoms with Crippen molar-refractivity contribution in [2.75, 3.05) is 13.1 Å². The molecule has 0 saturated carbocycles. The quantitative estimate of drug-likeness (QED) is 0.0513. The van der Waals surface area contributed by atoms with Gasteiger partial charge in [-0.2, -0.15) is 0 Å². The van der Waals surface area contributed by atoms with Crippen molar-refractivity contribution in [1.82, 2.24) is 20.4 Å². The molecule has 0 bridgehead atoms. The van der Waals surface area contributed by atoms with Gasteiger partial charge in [-0.1, -0.05) is 218 Å². The van der Waals surface area contributed by atoms with Gasteiger partial charge in [0.1, 0.15) is 11.5 Å². The molecule has 2 aliphatic heterocycles. The molecule has 2 fully saturated rings. The smallest absolute Gasteiger partial charge is 0.318 e. The number of carbonyl (C=O) groups excluding carboxylic acids is 2. The number of rotatable bonds is 15. The Balaban J connectivity index is 0.000000266. The fraction of sp³-hybridized carbons (Fsp3) is 0.488. The first kappa shape index (κ1) is 80.6. The molecule has 2 saturated heterocycles. The van der Waals surface area contributed by atoms with Crippen LogP contribution in [0.15, 0.2) is 165 Å². The maximum absolute atomic E-state index is 13.3. The molecule has 0 aliphatic carbocycles. The molecule has 96 heavy (non-hydrogen) atoms. The van der Waals surface area contributed by atoms with Crippen molar-refractivity contribution in [2.45, 2.75) is 245 Å². The summed E-state index contributed by atoms with van der Waals surface area (Å²) in [6.07, 6.45) is 8.32. The molecule has 8 rings (SSSR count). The minimum absolute atomic E-state index is 0. The van der Waals surface area contributed by atoms with E-state index in [1.165, 1.54) is 0 Å². The first-order valence-corrected chi connectivity index (χ1v) is 35.4. The Labute approximate surface area is 604 Å². The molecular weight excluding hydrogens is 1370 g/mol. The SMILES string of the molecule is C=C(C)C[C@]1(c2ccccc2)CCCN([C@@H](C)c2ccc(Br)cc2)C(=O)N1.CC(C)(C)c1cc(C=NC(C)(C)C(C)(C)N=Cc2cc(C(C)(C)C)cc(C(C)(C)C)c2O)c(O)c(C(C)(C)C)c1.C[C@@H](c1ccc(Br)cc1)N1CCC[C@](CC(C)(C)O)(c2ccccc2)NC1=O.[Co]. The molecule has 6 aromatic rings. The van der Waals surface area contributed by atoms with Gasteiger partial charge in [0, 0.05) is 79.9 Å². The Hall–Kier alpha value is -6.03. The van der Waals surface area contributed by atoms with E-state index in [1.807, 2.05) is 114 Å². The van der Waals surface area contributed by atoms with E-state index in [2.05, 4.69) is 210 Å². The average molecular weight is 1480 g/mol. The summed E-state index contributed by atoms with van der Waals surface area (Å²) in [6.45, 7) is 49.4. The van der Waals surface area contributed by atoms with Crippen molar-refractivity contribution in [3.05, 3.63) is 210 Å². The molecule has 11 nitrogen and oxygen atoms in total. The summed E-state index contributed by atoms with van der Waals surface area (Å²) >= 11 is 6.94. The average Bonchev–Trinajstić information content (AvgIpc) is 1.79. The molecule has 4 atom stereocenters. The molecule has 0 unspecified atom stereocenters. The summed E-state index contributed by atoms with van der Waals surface area (Å²) < 4.78 is 2.07. The molecule has 5 N–H and O–H groups in total. The van der Waals surface area contributed by atoms with Crippen molar-refractivity contribution in [3.63, 3.8) is 0 Å². The Bertz CT molecular complexity index is 3550. The van der Waals surface area contributed by atoms with Crippen molar-refractivity contribution >= 4 is 56.4 Å². The van der Waals surface area contributed by atoms with Gasteiger partial charge in [0.15, 0.2) is 0 Å². The topological polar surface area (TPSA) is 150 Å². The van der Waals surface area contributed by atoms with Crippen LogP contribution in [0, 0.1) is 0 Å². The molecule has 4 amide bonds. The van der Waals surface area contributed by atoms with Crippen LogP contribution >= 0.6 is 31.9 Å². The van der Waals surface area contributed by atoms with Crippen LogP contribution in [0.4, 0.5) is 9.59 Å². The zero-order valence-electron chi connectivity index (χ0n) is 61.4. The second kappa shape index (κ2) is 31.9. The van der Waals surface area contributed by atoms with Crippen LogP contribution in [0.25, 0.3) is 0 Å². The third-order valence-electron chi connectivity index (χ3n) is 19.0. The van der Waals surface area contributed by atoms with E-state index < -0.39 is 27.8 Å². The largest absolute Gasteiger partial charge is 0.507 e. The van der Waals surface area contributed by atoms with E-state index in [4.69, 9.17) is 9.98 Å². The Morgan fingerprint density at radius 3 is 1.20 bits per heavy atom. The number of aromatic hydroxyl groups is 2. The predicted octanol–water partition coefficient (Wildman–Crippen LogP) is 20.9. The van der Waals surface area contributed by atoms with E-state index in [9.17, 15) is 24.9 Å². The van der Waals surface area contributed by atoms with Gasteiger partial charge in [-0.05, 0) is 186 Å². The number of nitrogens with zero attached hydrogens (tertiary/aromatic N) is 4. The third-order valence-corrected chi connectivity index (χ3v) is 20.1. The maximum atomic E-state index is 13.3. The summed E-state index contributed by atoms with van der Waals surface area (Å²) in [5, 5.41) is 39.7. The van der Waals surface area contributed by atoms with Crippen LogP contribution in [-0.2, 0) is 49.5 Å². The normalized spacial score (nSPS) is 18.4. The summed E-state index contributed by atoms with van der Waals surface area (Å²) in [7, 11) is 0. The second-order valence-corrected chi connectivity index (χ2v) is 34.3. The van der Waals surface area contributed by atoms with Gasteiger partial charge in [0.25, 0.3) is 0 Å². The second-order valence-electron chi connectivity index (χ2n) is 32.5. The number of phenols is 2. The van der Waals surface area contributed by atoms with Crippen molar-refractivity contribution < 1.29 is 41.7 Å². The zero-order valence-corrected chi connectivity index (χ0v) is 65.6. The number of aliphatic imine (C=N–C) groups is 2. The van der Waals surface area contributed by atoms with E-state index in [-0.39, 0.29) is 74.1 Å². The monoisotopic (exact) mass is 1480 g/mol. The molecular formula is C82H112Br2CoN6O5. The van der Waals surface area contributed by atoms with Gasteiger partial charge >= 0.3 is 12.1 Å². The number of benzene rings is 6. The minimum Gasteiger partial charge on any atom is -0.507 e. The molecule has 0 spiro atoms. The Morgan fingerprint density at radius 2 is 0.875 bits per heavy atom. The van der Waals surface area contributed by atoms with Gasteiger partial charge in [0.05, 0.1) is 39.8 Å². The van der Waals surface area contributed by atoms with Crippen LogP contribution in [0.1, 0.15) is 252 Å². The minimum atomic E-state index is -0.893. The van der Waals surface area contributed by atoms with Crippen LogP contribution in [0.2, 0.25) is 0 Å². The van der Waals surface area contributed by atoms with Gasteiger partial charge in [-0.15, -0.1) is 6.58 Å². The molecule has 14 heteroatoms. The summed E-state index contributed by atoms with van der Waals surface area (Å²) in [5.74, 6) is 0.556. The van der Waals surface area contributed by atoms with Crippen LogP contribution in [0.3, 0.4) is 0 Å². The number of hydrogen-bond acceptors (Lipinski definition) is 7. The summed E-state index contributed by atoms with van der Waals surface area (Å²) in [4.78, 5) is 40.4. The van der Waals surface area contributed by atoms with Gasteiger partial charge in [-0.25, -0.2) is 9.59 Å². The Morgan fingerprint density at radius 1 is 0.542 bits per heavy atom. The van der Waals surface area contributed by atoms with Crippen LogP contribution in [-0.4, -0.2) is 79.4 Å². The zero-order chi connectivity index (χ0) is 71.1. The number of hydrogen-bond donors (Lipinski definition) is 5. The molecule has 0 aromatic heterocycles. The molecule has 2 aliphatic rings. The number of nitrogens with one attached hydrogen (secondary N) is 2. The van der Waals surface area contributed by atoms with Gasteiger partial charge in [-0.3, -0.25) is 9.98 Å². The predicted molar refractivity (Wildman–Crippen MR) is 405 cm³/mol. The number of amides is 4. The third kappa shape index (κ3) is 21.0. The number of carbonyl (C=O) groups is 2. The summed E-state index contributed by atoms with van der Waals surface area (Å²) in [5.41, 5.74) is 7.52. The van der Waals surface area contributed by atoms with E-state index in [0.29, 0.717) is 13.0 Å². The van der Waals surface area contributed by atoms with E-state index >= 15 is 0 Å². The van der Waals surface area contributed by atoms with Gasteiger partial charge < -0.3 is 35.8 Å². The number of urea groups is 2. The first-order chi connectivity index (χ1) is 43.8. The molecule has 2 heterocycles.